The van der Waals surface area contributed by atoms with Gasteiger partial charge in [0.1, 0.15) is 0 Å². The molecule has 0 aromatic rings. The zero-order valence-electron chi connectivity index (χ0n) is 11.3. The highest BCUT2D eigenvalue weighted by Gasteiger charge is 2.24. The Kier molecular flexibility index (Phi) is 10.4. The number of nitrogens with two attached hydrogens (primary N) is 2. The summed E-state index contributed by atoms with van der Waals surface area (Å²) < 4.78 is 4.89. The van der Waals surface area contributed by atoms with Crippen LogP contribution in [-0.2, 0) is 9.53 Å². The highest BCUT2D eigenvalue weighted by Crippen LogP contribution is 2.33. The van der Waals surface area contributed by atoms with E-state index in [2.05, 4.69) is 0 Å². The summed E-state index contributed by atoms with van der Waals surface area (Å²) in [5.74, 6) is 1.67. The predicted octanol–water partition coefficient (Wildman–Crippen LogP) is -2.28. The molecule has 0 amide bonds. The molecule has 0 aromatic carbocycles. The van der Waals surface area contributed by atoms with Gasteiger partial charge >= 0.3 is 5.97 Å². The van der Waals surface area contributed by atoms with Crippen LogP contribution in [0.15, 0.2) is 12.2 Å². The SMILES string of the molecule is CCOC(=O)/C=C/[C@H]1CCCC[C@H]1CSC(N)=[NH2+].[I-]. The largest absolute Gasteiger partial charge is 1.00 e. The molecule has 4 N–H and O–H groups in total. The molecule has 0 heterocycles. The summed E-state index contributed by atoms with van der Waals surface area (Å²) in [6, 6.07) is 0. The van der Waals surface area contributed by atoms with Crippen LogP contribution >= 0.6 is 11.8 Å². The summed E-state index contributed by atoms with van der Waals surface area (Å²) in [5.41, 5.74) is 5.48. The van der Waals surface area contributed by atoms with Gasteiger partial charge in [-0.2, -0.15) is 0 Å². The van der Waals surface area contributed by atoms with E-state index in [4.69, 9.17) is 15.9 Å². The Labute approximate surface area is 136 Å². The molecule has 0 aliphatic heterocycles. The van der Waals surface area contributed by atoms with Gasteiger partial charge in [-0.3, -0.25) is 11.1 Å². The summed E-state index contributed by atoms with van der Waals surface area (Å²) in [6.45, 7) is 2.23. The van der Waals surface area contributed by atoms with Gasteiger partial charge in [0.25, 0.3) is 5.17 Å². The van der Waals surface area contributed by atoms with Gasteiger partial charge in [-0.1, -0.05) is 18.9 Å². The molecule has 1 aliphatic rings. The van der Waals surface area contributed by atoms with Gasteiger partial charge < -0.3 is 28.7 Å². The van der Waals surface area contributed by atoms with Gasteiger partial charge in [-0.05, 0) is 43.4 Å². The van der Waals surface area contributed by atoms with Crippen LogP contribution in [0.3, 0.4) is 0 Å². The number of allylic oxidation sites excluding steroid dienone is 1. The smallest absolute Gasteiger partial charge is 0.330 e. The third-order valence-electron chi connectivity index (χ3n) is 3.20. The molecule has 0 spiro atoms. The lowest BCUT2D eigenvalue weighted by Gasteiger charge is -2.28. The molecule has 19 heavy (non-hydrogen) atoms. The molecule has 4 nitrogen and oxygen atoms in total. The van der Waals surface area contributed by atoms with Crippen molar-refractivity contribution < 1.29 is 38.9 Å². The number of ether oxygens (including phenoxy) is 1. The highest BCUT2D eigenvalue weighted by atomic mass is 127. The van der Waals surface area contributed by atoms with Crippen LogP contribution < -0.4 is 35.1 Å². The van der Waals surface area contributed by atoms with Gasteiger partial charge in [0.05, 0.1) is 6.61 Å². The molecule has 0 radical (unpaired) electrons. The summed E-state index contributed by atoms with van der Waals surface area (Å²) in [7, 11) is 0. The summed E-state index contributed by atoms with van der Waals surface area (Å²) >= 11 is 1.51. The maximum absolute atomic E-state index is 11.3. The number of esters is 1. The highest BCUT2D eigenvalue weighted by molar-refractivity contribution is 8.13. The molecule has 0 saturated heterocycles. The van der Waals surface area contributed by atoms with Crippen LogP contribution in [0.4, 0.5) is 0 Å². The van der Waals surface area contributed by atoms with Crippen molar-refractivity contribution in [2.75, 3.05) is 12.4 Å². The van der Waals surface area contributed by atoms with Crippen LogP contribution in [0, 0.1) is 11.8 Å². The molecule has 0 unspecified atom stereocenters. The third kappa shape index (κ3) is 7.81. The minimum atomic E-state index is -0.251. The first-order chi connectivity index (χ1) is 8.63. The fourth-order valence-electron chi connectivity index (χ4n) is 2.29. The first kappa shape index (κ1) is 18.8. The fourth-order valence-corrected chi connectivity index (χ4v) is 3.11. The zero-order chi connectivity index (χ0) is 13.4. The van der Waals surface area contributed by atoms with E-state index in [1.165, 1.54) is 31.0 Å². The van der Waals surface area contributed by atoms with E-state index in [0.29, 0.717) is 23.6 Å². The first-order valence-corrected chi connectivity index (χ1v) is 7.47. The minimum absolute atomic E-state index is 0. The molecule has 110 valence electrons. The lowest BCUT2D eigenvalue weighted by molar-refractivity contribution is -0.137. The standard InChI is InChI=1S/C13H22N2O2S.HI/c1-2-17-12(16)8-7-10-5-3-4-6-11(10)9-18-13(14)15;/h7-8,10-11H,2-6,9H2,1H3,(H3,14,15);1H/b8-7+;/t10-,11+;/m1./s1. The van der Waals surface area contributed by atoms with Crippen LogP contribution in [0.1, 0.15) is 32.6 Å². The van der Waals surface area contributed by atoms with Gasteiger partial charge in [0.15, 0.2) is 0 Å². The van der Waals surface area contributed by atoms with Crippen LogP contribution in [0.2, 0.25) is 0 Å². The van der Waals surface area contributed by atoms with Crippen molar-refractivity contribution in [3.8, 4) is 0 Å². The van der Waals surface area contributed by atoms with Crippen molar-refractivity contribution in [3.63, 3.8) is 0 Å². The molecule has 0 aromatic heterocycles. The second-order valence-corrected chi connectivity index (χ2v) is 5.63. The van der Waals surface area contributed by atoms with Crippen molar-refractivity contribution >= 4 is 22.9 Å². The summed E-state index contributed by atoms with van der Waals surface area (Å²) in [4.78, 5) is 11.3. The quantitative estimate of drug-likeness (QED) is 0.180. The fraction of sp³-hybridized carbons (Fsp3) is 0.692. The van der Waals surface area contributed by atoms with E-state index in [1.807, 2.05) is 13.0 Å². The lowest BCUT2D eigenvalue weighted by Crippen LogP contribution is -3.00. The molecule has 1 aliphatic carbocycles. The van der Waals surface area contributed by atoms with E-state index < -0.39 is 0 Å². The molecular formula is C13H23IN2O2S. The van der Waals surface area contributed by atoms with E-state index in [9.17, 15) is 4.79 Å². The van der Waals surface area contributed by atoms with Gasteiger partial charge in [0.2, 0.25) is 0 Å². The maximum Gasteiger partial charge on any atom is 0.330 e. The molecular weight excluding hydrogens is 375 g/mol. The topological polar surface area (TPSA) is 77.9 Å². The van der Waals surface area contributed by atoms with Crippen LogP contribution in [0.5, 0.6) is 0 Å². The molecule has 1 rings (SSSR count). The number of carbonyl (C=O) groups excluding carboxylic acids is 1. The Balaban J connectivity index is 0.00000324. The third-order valence-corrected chi connectivity index (χ3v) is 4.13. The molecule has 2 atom stereocenters. The normalized spacial score (nSPS) is 22.8. The van der Waals surface area contributed by atoms with Crippen molar-refractivity contribution in [2.24, 2.45) is 17.6 Å². The summed E-state index contributed by atoms with van der Waals surface area (Å²) in [5, 5.41) is 5.91. The molecule has 1 fully saturated rings. The number of hydrogen-bond acceptors (Lipinski definition) is 3. The van der Waals surface area contributed by atoms with E-state index in [-0.39, 0.29) is 29.9 Å². The predicted molar refractivity (Wildman–Crippen MR) is 74.8 cm³/mol. The van der Waals surface area contributed by atoms with Crippen molar-refractivity contribution in [1.29, 1.82) is 0 Å². The van der Waals surface area contributed by atoms with Gasteiger partial charge in [0, 0.05) is 11.8 Å². The average molecular weight is 398 g/mol. The summed E-state index contributed by atoms with van der Waals surface area (Å²) in [6.07, 6.45) is 8.34. The van der Waals surface area contributed by atoms with Crippen LogP contribution in [0.25, 0.3) is 0 Å². The van der Waals surface area contributed by atoms with Gasteiger partial charge in [-0.15, -0.1) is 0 Å². The zero-order valence-corrected chi connectivity index (χ0v) is 14.3. The number of amidine groups is 1. The van der Waals surface area contributed by atoms with E-state index in [1.54, 1.807) is 6.08 Å². The molecule has 1 saturated carbocycles. The Hall–Kier alpha value is -0.240. The number of carbonyl (C=O) groups is 1. The second kappa shape index (κ2) is 10.5. The molecule has 0 bridgehead atoms. The maximum atomic E-state index is 11.3. The van der Waals surface area contributed by atoms with E-state index in [0.717, 1.165) is 12.2 Å². The Morgan fingerprint density at radius 1 is 1.47 bits per heavy atom. The van der Waals surface area contributed by atoms with Crippen molar-refractivity contribution in [1.82, 2.24) is 0 Å². The van der Waals surface area contributed by atoms with Crippen LogP contribution in [-0.4, -0.2) is 23.5 Å². The Morgan fingerprint density at radius 2 is 2.16 bits per heavy atom. The second-order valence-electron chi connectivity index (χ2n) is 4.53. The minimum Gasteiger partial charge on any atom is -1.00 e. The Bertz CT molecular complexity index is 324. The lowest BCUT2D eigenvalue weighted by atomic mass is 9.80. The number of hydrogen-bond donors (Lipinski definition) is 2. The number of thioether (sulfide) groups is 1. The molecule has 6 heteroatoms. The first-order valence-electron chi connectivity index (χ1n) is 6.49. The average Bonchev–Trinajstić information content (AvgIpc) is 2.35. The van der Waals surface area contributed by atoms with Gasteiger partial charge in [-0.25, -0.2) is 4.79 Å². The number of rotatable bonds is 5. The monoisotopic (exact) mass is 398 g/mol. The Morgan fingerprint density at radius 3 is 2.79 bits per heavy atom. The van der Waals surface area contributed by atoms with Crippen molar-refractivity contribution in [2.45, 2.75) is 32.6 Å². The number of halogens is 1. The van der Waals surface area contributed by atoms with Crippen molar-refractivity contribution in [3.05, 3.63) is 12.2 Å². The van der Waals surface area contributed by atoms with E-state index >= 15 is 0 Å².